The molecule has 4 rings (SSSR count). The smallest absolute Gasteiger partial charge is 0.410 e. The number of aromatic hydroxyl groups is 1. The summed E-state index contributed by atoms with van der Waals surface area (Å²) in [6.45, 7) is 3.97. The van der Waals surface area contributed by atoms with Gasteiger partial charge in [-0.3, -0.25) is 0 Å². The average Bonchev–Trinajstić information content (AvgIpc) is 2.88. The van der Waals surface area contributed by atoms with Crippen LogP contribution in [0, 0.1) is 6.92 Å². The molecule has 26 heavy (non-hydrogen) atoms. The van der Waals surface area contributed by atoms with Crippen LogP contribution in [0.4, 0.5) is 10.6 Å². The van der Waals surface area contributed by atoms with E-state index in [2.05, 4.69) is 14.9 Å². The SMILES string of the molecule is Cc1cc(N2CCC[C@]3(CN(C)C(=O)O3)C2)nc(-c2ccccc2O)n1. The molecule has 2 aliphatic rings. The summed E-state index contributed by atoms with van der Waals surface area (Å²) in [5.74, 6) is 1.45. The quantitative estimate of drug-likeness (QED) is 0.893. The Morgan fingerprint density at radius 3 is 2.77 bits per heavy atom. The molecule has 0 unspecified atom stereocenters. The van der Waals surface area contributed by atoms with Crippen molar-refractivity contribution in [2.75, 3.05) is 31.6 Å². The highest BCUT2D eigenvalue weighted by atomic mass is 16.6. The summed E-state index contributed by atoms with van der Waals surface area (Å²) in [6, 6.07) is 8.99. The second-order valence-corrected chi connectivity index (χ2v) is 7.14. The summed E-state index contributed by atoms with van der Waals surface area (Å²) in [4.78, 5) is 24.8. The van der Waals surface area contributed by atoms with Crippen LogP contribution in [0.5, 0.6) is 5.75 Å². The molecular formula is C19H22N4O3. The van der Waals surface area contributed by atoms with Gasteiger partial charge >= 0.3 is 6.09 Å². The number of nitrogens with zero attached hydrogens (tertiary/aromatic N) is 4. The highest BCUT2D eigenvalue weighted by Gasteiger charge is 2.46. The van der Waals surface area contributed by atoms with Crippen molar-refractivity contribution in [1.82, 2.24) is 14.9 Å². The number of hydrogen-bond donors (Lipinski definition) is 1. The lowest BCUT2D eigenvalue weighted by atomic mass is 9.93. The number of hydrogen-bond acceptors (Lipinski definition) is 6. The van der Waals surface area contributed by atoms with Gasteiger partial charge in [-0.25, -0.2) is 14.8 Å². The fraction of sp³-hybridized carbons (Fsp3) is 0.421. The van der Waals surface area contributed by atoms with E-state index in [1.54, 1.807) is 30.1 Å². The Morgan fingerprint density at radius 1 is 1.23 bits per heavy atom. The number of amides is 1. The summed E-state index contributed by atoms with van der Waals surface area (Å²) in [7, 11) is 1.77. The van der Waals surface area contributed by atoms with E-state index < -0.39 is 5.60 Å². The van der Waals surface area contributed by atoms with Crippen LogP contribution in [-0.4, -0.2) is 58.4 Å². The van der Waals surface area contributed by atoms with Crippen LogP contribution in [0.1, 0.15) is 18.5 Å². The number of phenolic OH excluding ortho intramolecular Hbond substituents is 1. The van der Waals surface area contributed by atoms with Gasteiger partial charge in [0, 0.05) is 25.4 Å². The van der Waals surface area contributed by atoms with E-state index in [-0.39, 0.29) is 11.8 Å². The van der Waals surface area contributed by atoms with E-state index in [1.807, 2.05) is 19.1 Å². The largest absolute Gasteiger partial charge is 0.507 e. The number of rotatable bonds is 2. The number of phenols is 1. The van der Waals surface area contributed by atoms with Gasteiger partial charge in [-0.05, 0) is 31.9 Å². The maximum absolute atomic E-state index is 11.9. The van der Waals surface area contributed by atoms with Gasteiger partial charge in [-0.15, -0.1) is 0 Å². The van der Waals surface area contributed by atoms with Gasteiger partial charge in [0.25, 0.3) is 0 Å². The second-order valence-electron chi connectivity index (χ2n) is 7.14. The molecule has 1 spiro atoms. The van der Waals surface area contributed by atoms with Crippen LogP contribution in [0.2, 0.25) is 0 Å². The standard InChI is InChI=1S/C19H22N4O3/c1-13-10-16(21-17(20-13)14-6-3-4-7-15(14)24)23-9-5-8-19(12-23)11-22(2)18(25)26-19/h3-4,6-7,10,24H,5,8-9,11-12H2,1-2H3/t19-/m0/s1. The Kier molecular flexibility index (Phi) is 3.94. The Balaban J connectivity index is 1.66. The van der Waals surface area contributed by atoms with Crippen molar-refractivity contribution in [1.29, 1.82) is 0 Å². The van der Waals surface area contributed by atoms with Crippen molar-refractivity contribution in [3.05, 3.63) is 36.0 Å². The first-order valence-electron chi connectivity index (χ1n) is 8.79. The maximum atomic E-state index is 11.9. The Labute approximate surface area is 152 Å². The lowest BCUT2D eigenvalue weighted by Gasteiger charge is -2.39. The highest BCUT2D eigenvalue weighted by Crippen LogP contribution is 2.34. The fourth-order valence-corrected chi connectivity index (χ4v) is 3.80. The van der Waals surface area contributed by atoms with E-state index >= 15 is 0 Å². The Bertz CT molecular complexity index is 856. The number of para-hydroxylation sites is 1. The molecule has 1 amide bonds. The molecule has 7 heteroatoms. The molecule has 1 N–H and O–H groups in total. The van der Waals surface area contributed by atoms with Crippen molar-refractivity contribution < 1.29 is 14.6 Å². The van der Waals surface area contributed by atoms with Crippen LogP contribution in [0.3, 0.4) is 0 Å². The molecule has 0 aliphatic carbocycles. The Morgan fingerprint density at radius 2 is 2.04 bits per heavy atom. The molecule has 2 fully saturated rings. The first-order valence-corrected chi connectivity index (χ1v) is 8.79. The fourth-order valence-electron chi connectivity index (χ4n) is 3.80. The van der Waals surface area contributed by atoms with E-state index in [0.717, 1.165) is 30.9 Å². The first kappa shape index (κ1) is 16.6. The number of benzene rings is 1. The second kappa shape index (κ2) is 6.16. The van der Waals surface area contributed by atoms with Gasteiger partial charge in [0.1, 0.15) is 17.2 Å². The zero-order valence-electron chi connectivity index (χ0n) is 15.0. The number of carbonyl (C=O) groups excluding carboxylic acids is 1. The normalized spacial score (nSPS) is 22.8. The predicted molar refractivity (Wildman–Crippen MR) is 97.2 cm³/mol. The van der Waals surface area contributed by atoms with Gasteiger partial charge in [0.2, 0.25) is 0 Å². The van der Waals surface area contributed by atoms with Crippen LogP contribution in [0.25, 0.3) is 11.4 Å². The number of anilines is 1. The minimum absolute atomic E-state index is 0.158. The molecule has 1 atom stereocenters. The minimum Gasteiger partial charge on any atom is -0.507 e. The van der Waals surface area contributed by atoms with Gasteiger partial charge in [-0.2, -0.15) is 0 Å². The lowest BCUT2D eigenvalue weighted by Crippen LogP contribution is -2.51. The van der Waals surface area contributed by atoms with E-state index in [4.69, 9.17) is 4.74 Å². The summed E-state index contributed by atoms with van der Waals surface area (Å²) in [6.07, 6.45) is 1.52. The molecule has 136 valence electrons. The summed E-state index contributed by atoms with van der Waals surface area (Å²) < 4.78 is 5.68. The molecule has 2 saturated heterocycles. The molecule has 2 aliphatic heterocycles. The molecule has 7 nitrogen and oxygen atoms in total. The molecule has 0 radical (unpaired) electrons. The zero-order chi connectivity index (χ0) is 18.3. The molecule has 3 heterocycles. The summed E-state index contributed by atoms with van der Waals surface area (Å²) >= 11 is 0. The maximum Gasteiger partial charge on any atom is 0.410 e. The molecule has 1 aromatic carbocycles. The molecule has 1 aromatic heterocycles. The molecule has 0 saturated carbocycles. The number of carbonyl (C=O) groups is 1. The van der Waals surface area contributed by atoms with Crippen molar-refractivity contribution in [2.24, 2.45) is 0 Å². The zero-order valence-corrected chi connectivity index (χ0v) is 15.0. The number of piperidine rings is 1. The summed E-state index contributed by atoms with van der Waals surface area (Å²) in [5, 5.41) is 10.1. The van der Waals surface area contributed by atoms with Crippen LogP contribution in [0.15, 0.2) is 30.3 Å². The number of aromatic nitrogens is 2. The third-order valence-electron chi connectivity index (χ3n) is 4.99. The molecular weight excluding hydrogens is 332 g/mol. The van der Waals surface area contributed by atoms with E-state index in [9.17, 15) is 9.90 Å². The van der Waals surface area contributed by atoms with E-state index in [0.29, 0.717) is 24.5 Å². The highest BCUT2D eigenvalue weighted by molar-refractivity contribution is 5.70. The monoisotopic (exact) mass is 354 g/mol. The van der Waals surface area contributed by atoms with Crippen LogP contribution >= 0.6 is 0 Å². The topological polar surface area (TPSA) is 78.8 Å². The van der Waals surface area contributed by atoms with Crippen molar-refractivity contribution in [2.45, 2.75) is 25.4 Å². The van der Waals surface area contributed by atoms with E-state index in [1.165, 1.54) is 0 Å². The Hall–Kier alpha value is -2.83. The predicted octanol–water partition coefficient (Wildman–Crippen LogP) is 2.58. The third-order valence-corrected chi connectivity index (χ3v) is 4.99. The van der Waals surface area contributed by atoms with Gasteiger partial charge in [-0.1, -0.05) is 12.1 Å². The molecule has 2 aromatic rings. The van der Waals surface area contributed by atoms with Crippen molar-refractivity contribution in [3.8, 4) is 17.1 Å². The average molecular weight is 354 g/mol. The van der Waals surface area contributed by atoms with Crippen molar-refractivity contribution >= 4 is 11.9 Å². The molecule has 0 bridgehead atoms. The van der Waals surface area contributed by atoms with Crippen LogP contribution < -0.4 is 4.90 Å². The first-order chi connectivity index (χ1) is 12.5. The number of likely N-dealkylation sites (N-methyl/N-ethyl adjacent to an activating group) is 1. The van der Waals surface area contributed by atoms with Crippen molar-refractivity contribution in [3.63, 3.8) is 0 Å². The summed E-state index contributed by atoms with van der Waals surface area (Å²) in [5.41, 5.74) is 0.961. The third kappa shape index (κ3) is 2.94. The minimum atomic E-state index is -0.474. The van der Waals surface area contributed by atoms with Gasteiger partial charge in [0.15, 0.2) is 5.82 Å². The van der Waals surface area contributed by atoms with Gasteiger partial charge < -0.3 is 19.6 Å². The van der Waals surface area contributed by atoms with Gasteiger partial charge in [0.05, 0.1) is 18.7 Å². The lowest BCUT2D eigenvalue weighted by molar-refractivity contribution is 0.0445. The number of ether oxygens (including phenoxy) is 1. The van der Waals surface area contributed by atoms with Crippen LogP contribution in [-0.2, 0) is 4.74 Å². The number of aryl methyl sites for hydroxylation is 1.